The summed E-state index contributed by atoms with van der Waals surface area (Å²) >= 11 is 0. The lowest BCUT2D eigenvalue weighted by molar-refractivity contribution is -0.0567. The highest BCUT2D eigenvalue weighted by Crippen LogP contribution is 2.48. The van der Waals surface area contributed by atoms with Crippen LogP contribution in [0.15, 0.2) is 22.1 Å². The topological polar surface area (TPSA) is 110 Å². The maximum absolute atomic E-state index is 12.6. The Morgan fingerprint density at radius 2 is 1.67 bits per heavy atom. The van der Waals surface area contributed by atoms with Crippen molar-refractivity contribution in [2.45, 2.75) is 102 Å². The van der Waals surface area contributed by atoms with E-state index in [0.29, 0.717) is 0 Å². The molecule has 3 rings (SSSR count). The van der Waals surface area contributed by atoms with Crippen molar-refractivity contribution in [2.24, 2.45) is 4.99 Å². The van der Waals surface area contributed by atoms with E-state index in [9.17, 15) is 4.79 Å². The molecule has 2 aliphatic heterocycles. The summed E-state index contributed by atoms with van der Waals surface area (Å²) in [5, 5.41) is 0. The van der Waals surface area contributed by atoms with Crippen LogP contribution in [0.4, 0.5) is 5.82 Å². The number of fused-ring (bicyclic) bond motifs is 1. The lowest BCUT2D eigenvalue weighted by Crippen LogP contribution is -2.65. The molecule has 11 heteroatoms. The van der Waals surface area contributed by atoms with Gasteiger partial charge in [-0.05, 0) is 28.2 Å². The molecule has 0 unspecified atom stereocenters. The molecule has 2 fully saturated rings. The van der Waals surface area contributed by atoms with Crippen LogP contribution >= 0.6 is 0 Å². The van der Waals surface area contributed by atoms with Crippen LogP contribution in [-0.2, 0) is 17.7 Å². The van der Waals surface area contributed by atoms with Gasteiger partial charge < -0.3 is 23.4 Å². The summed E-state index contributed by atoms with van der Waals surface area (Å²) in [5.74, 6) is 0.128. The van der Waals surface area contributed by atoms with Gasteiger partial charge in [0.05, 0.1) is 6.61 Å². The average molecular weight is 495 g/mol. The van der Waals surface area contributed by atoms with Crippen molar-refractivity contribution in [3.63, 3.8) is 0 Å². The standard InChI is InChI=1S/C22H38N4O5Si2/c1-13(2)32(14(3)4)28-12-17-20(30-33(31-32,15(5)6)16(7)8)19(24-9)21(29-17)26-11-10-18(23)25-22(26)27/h10-11,13-17,19-21H,12H2,1-8H3,(H2,23,25,27)/t17-,19-,20-,21-/m1/s1. The molecule has 1 aromatic heterocycles. The molecule has 0 aliphatic carbocycles. The first-order chi connectivity index (χ1) is 15.4. The number of anilines is 1. The Balaban J connectivity index is 2.12. The molecule has 4 atom stereocenters. The first-order valence-corrected chi connectivity index (χ1v) is 15.7. The molecule has 0 amide bonds. The van der Waals surface area contributed by atoms with Gasteiger partial charge in [-0.3, -0.25) is 9.56 Å². The molecule has 2 aliphatic rings. The van der Waals surface area contributed by atoms with Crippen LogP contribution in [0.25, 0.3) is 0 Å². The van der Waals surface area contributed by atoms with Gasteiger partial charge in [0.2, 0.25) is 0 Å². The van der Waals surface area contributed by atoms with Gasteiger partial charge in [0.1, 0.15) is 30.8 Å². The van der Waals surface area contributed by atoms with E-state index in [1.165, 1.54) is 16.8 Å². The van der Waals surface area contributed by atoms with E-state index < -0.39 is 47.3 Å². The van der Waals surface area contributed by atoms with E-state index in [0.717, 1.165) is 0 Å². The number of nitrogen functional groups attached to an aromatic ring is 1. The molecule has 184 valence electrons. The minimum atomic E-state index is -2.89. The lowest BCUT2D eigenvalue weighted by Gasteiger charge is -2.51. The number of nitrogens with two attached hydrogens (primary N) is 1. The van der Waals surface area contributed by atoms with Crippen molar-refractivity contribution in [3.8, 4) is 0 Å². The van der Waals surface area contributed by atoms with Crippen LogP contribution in [-0.4, -0.2) is 58.2 Å². The largest absolute Gasteiger partial charge is 0.414 e. The first-order valence-electron chi connectivity index (χ1n) is 11.8. The van der Waals surface area contributed by atoms with E-state index in [1.54, 1.807) is 0 Å². The summed E-state index contributed by atoms with van der Waals surface area (Å²) in [4.78, 5) is 20.2. The highest BCUT2D eigenvalue weighted by Gasteiger charge is 2.61. The van der Waals surface area contributed by atoms with E-state index in [2.05, 4.69) is 65.4 Å². The van der Waals surface area contributed by atoms with Crippen molar-refractivity contribution in [3.05, 3.63) is 22.7 Å². The van der Waals surface area contributed by atoms with Crippen LogP contribution in [0.1, 0.15) is 61.6 Å². The van der Waals surface area contributed by atoms with Crippen molar-refractivity contribution in [2.75, 3.05) is 12.3 Å². The fourth-order valence-electron chi connectivity index (χ4n) is 5.12. The molecule has 2 N–H and O–H groups in total. The molecule has 0 aromatic carbocycles. The Kier molecular flexibility index (Phi) is 7.71. The molecule has 0 spiro atoms. The number of hydrogen-bond acceptors (Lipinski definition) is 8. The fraction of sp³-hybridized carbons (Fsp3) is 0.773. The summed E-state index contributed by atoms with van der Waals surface area (Å²) in [6.07, 6.45) is -0.364. The van der Waals surface area contributed by atoms with Gasteiger partial charge in [0, 0.05) is 6.20 Å². The molecule has 0 saturated carbocycles. The third kappa shape index (κ3) is 4.51. The van der Waals surface area contributed by atoms with Crippen LogP contribution in [0.5, 0.6) is 0 Å². The second-order valence-corrected chi connectivity index (χ2v) is 19.1. The summed E-state index contributed by atoms with van der Waals surface area (Å²) in [5.41, 5.74) is 5.80. The van der Waals surface area contributed by atoms with Crippen LogP contribution in [0, 0.1) is 0 Å². The lowest BCUT2D eigenvalue weighted by atomic mass is 10.1. The Morgan fingerprint density at radius 3 is 2.15 bits per heavy atom. The quantitative estimate of drug-likeness (QED) is 0.476. The van der Waals surface area contributed by atoms with Gasteiger partial charge >= 0.3 is 22.8 Å². The summed E-state index contributed by atoms with van der Waals surface area (Å²) in [7, 11) is -5.60. The number of ether oxygens (including phenoxy) is 1. The molecule has 2 radical (unpaired) electrons. The fourth-order valence-corrected chi connectivity index (χ4v) is 16.3. The third-order valence-electron chi connectivity index (χ3n) is 6.92. The molecule has 1 aromatic rings. The predicted molar refractivity (Wildman–Crippen MR) is 132 cm³/mol. The normalized spacial score (nSPS) is 29.3. The van der Waals surface area contributed by atoms with Crippen LogP contribution in [0.2, 0.25) is 22.2 Å². The first kappa shape index (κ1) is 26.2. The highest BCUT2D eigenvalue weighted by atomic mass is 28.5. The number of hydrogen-bond donors (Lipinski definition) is 1. The number of rotatable bonds is 6. The molecular weight excluding hydrogens is 456 g/mol. The van der Waals surface area contributed by atoms with Crippen LogP contribution < -0.4 is 11.4 Å². The zero-order valence-electron chi connectivity index (χ0n) is 20.9. The summed E-state index contributed by atoms with van der Waals surface area (Å²) < 4.78 is 28.5. The number of aliphatic imine (C=N–C) groups is 1. The molecule has 3 heterocycles. The minimum Gasteiger partial charge on any atom is -0.414 e. The Morgan fingerprint density at radius 1 is 1.09 bits per heavy atom. The maximum atomic E-state index is 12.6. The monoisotopic (exact) mass is 494 g/mol. The zero-order chi connectivity index (χ0) is 24.7. The zero-order valence-corrected chi connectivity index (χ0v) is 22.9. The van der Waals surface area contributed by atoms with Crippen molar-refractivity contribution < 1.29 is 17.7 Å². The number of nitrogens with zero attached hydrogens (tertiary/aromatic N) is 3. The van der Waals surface area contributed by atoms with Gasteiger partial charge in [-0.1, -0.05) is 55.4 Å². The predicted octanol–water partition coefficient (Wildman–Crippen LogP) is 3.50. The van der Waals surface area contributed by atoms with E-state index in [4.69, 9.17) is 30.2 Å². The van der Waals surface area contributed by atoms with Crippen molar-refractivity contribution in [1.29, 1.82) is 0 Å². The summed E-state index contributed by atoms with van der Waals surface area (Å²) in [6, 6.07) is 0.797. The number of aromatic nitrogens is 2. The van der Waals surface area contributed by atoms with Gasteiger partial charge in [-0.15, -0.1) is 0 Å². The van der Waals surface area contributed by atoms with E-state index in [-0.39, 0.29) is 34.6 Å². The summed E-state index contributed by atoms with van der Waals surface area (Å²) in [6.45, 7) is 25.4. The van der Waals surface area contributed by atoms with Gasteiger partial charge in [-0.2, -0.15) is 4.98 Å². The Labute approximate surface area is 199 Å². The molecule has 9 nitrogen and oxygen atoms in total. The maximum Gasteiger partial charge on any atom is 0.351 e. The molecule has 0 bridgehead atoms. The van der Waals surface area contributed by atoms with Crippen molar-refractivity contribution in [1.82, 2.24) is 9.55 Å². The van der Waals surface area contributed by atoms with Gasteiger partial charge in [0.15, 0.2) is 6.23 Å². The van der Waals surface area contributed by atoms with Crippen LogP contribution in [0.3, 0.4) is 0 Å². The third-order valence-corrected chi connectivity index (χ3v) is 17.2. The highest BCUT2D eigenvalue weighted by molar-refractivity contribution is 6.83. The smallest absolute Gasteiger partial charge is 0.351 e. The minimum absolute atomic E-state index is 0.128. The Bertz CT molecular complexity index is 891. The SMILES string of the molecule is [C]=N[C@@H]1[C@@H]2O[Si](C(C)C)(C(C)C)O[Si](C(C)C)(C(C)C)OC[C@H]2O[C@H]1n1ccc(N)nc1=O. The second kappa shape index (κ2) is 9.70. The second-order valence-electron chi connectivity index (χ2n) is 10.3. The average Bonchev–Trinajstić information content (AvgIpc) is 3.03. The van der Waals surface area contributed by atoms with E-state index >= 15 is 0 Å². The molecule has 2 saturated heterocycles. The van der Waals surface area contributed by atoms with E-state index in [1.807, 2.05) is 0 Å². The Hall–Kier alpha value is -1.38. The van der Waals surface area contributed by atoms with Gasteiger partial charge in [0.25, 0.3) is 0 Å². The van der Waals surface area contributed by atoms with Gasteiger partial charge in [-0.25, -0.2) is 4.79 Å². The molecular formula is C22H38N4O5Si2. The van der Waals surface area contributed by atoms with Crippen molar-refractivity contribution >= 4 is 29.7 Å². The molecule has 33 heavy (non-hydrogen) atoms.